The molecule has 1 fully saturated rings. The number of halogens is 2. The zero-order valence-corrected chi connectivity index (χ0v) is 22.2. The first-order chi connectivity index (χ1) is 17.8. The van der Waals surface area contributed by atoms with E-state index in [4.69, 9.17) is 28.8 Å². The minimum Gasteiger partial charge on any atom is -0.481 e. The molecule has 3 atom stereocenters. The summed E-state index contributed by atoms with van der Waals surface area (Å²) in [6.45, 7) is 8.37. The lowest BCUT2D eigenvalue weighted by molar-refractivity contribution is -0.153. The van der Waals surface area contributed by atoms with Gasteiger partial charge in [0.25, 0.3) is 0 Å². The highest BCUT2D eigenvalue weighted by Crippen LogP contribution is 2.44. The highest BCUT2D eigenvalue weighted by molar-refractivity contribution is 5.83. The molecule has 39 heavy (non-hydrogen) atoms. The van der Waals surface area contributed by atoms with Gasteiger partial charge in [0.05, 0.1) is 12.8 Å². The third-order valence-corrected chi connectivity index (χ3v) is 4.63. The normalized spacial score (nSPS) is 20.6. The molecule has 1 aromatic heterocycles. The number of esters is 1. The van der Waals surface area contributed by atoms with Gasteiger partial charge in [0, 0.05) is 6.20 Å². The Hall–Kier alpha value is -3.82. The largest absolute Gasteiger partial charge is 0.509 e. The van der Waals surface area contributed by atoms with E-state index in [9.17, 15) is 24.0 Å². The first-order valence-electron chi connectivity index (χ1n) is 11.7. The molecular formula is C23H31F2N3O11. The smallest absolute Gasteiger partial charge is 0.481 e. The van der Waals surface area contributed by atoms with E-state index in [1.54, 1.807) is 20.8 Å². The average Bonchev–Trinajstić information content (AvgIpc) is 2.98. The highest BCUT2D eigenvalue weighted by Gasteiger charge is 2.63. The molecule has 0 saturated carbocycles. The van der Waals surface area contributed by atoms with Gasteiger partial charge in [-0.15, -0.1) is 0 Å². The topological polar surface area (TPSA) is 182 Å². The quantitative estimate of drug-likeness (QED) is 0.349. The molecule has 1 aliphatic heterocycles. The number of carboxylic acid groups (broad SMARTS) is 1. The van der Waals surface area contributed by atoms with Crippen LogP contribution in [0.3, 0.4) is 0 Å². The fourth-order valence-corrected chi connectivity index (χ4v) is 3.15. The van der Waals surface area contributed by atoms with Crippen molar-refractivity contribution in [2.24, 2.45) is 0 Å². The third-order valence-electron chi connectivity index (χ3n) is 4.63. The minimum atomic E-state index is -4.07. The molecule has 1 unspecified atom stereocenters. The molecule has 218 valence electrons. The van der Waals surface area contributed by atoms with Crippen LogP contribution in [0.25, 0.3) is 0 Å². The zero-order valence-electron chi connectivity index (χ0n) is 22.2. The number of carboxylic acids is 1. The highest BCUT2D eigenvalue weighted by atomic mass is 19.3. The number of ether oxygens (including phenoxy) is 5. The molecule has 0 bridgehead atoms. The van der Waals surface area contributed by atoms with Gasteiger partial charge in [-0.25, -0.2) is 14.4 Å². The van der Waals surface area contributed by atoms with E-state index in [1.165, 1.54) is 20.8 Å². The summed E-state index contributed by atoms with van der Waals surface area (Å²) in [6.07, 6.45) is -9.18. The van der Waals surface area contributed by atoms with Crippen molar-refractivity contribution in [3.8, 4) is 0 Å². The Kier molecular flexibility index (Phi) is 9.60. The molecule has 0 aliphatic carbocycles. The fraction of sp³-hybridized carbons (Fsp3) is 0.652. The number of nitrogens with one attached hydrogen (secondary N) is 1. The van der Waals surface area contributed by atoms with Gasteiger partial charge in [-0.3, -0.25) is 19.5 Å². The first kappa shape index (κ1) is 31.4. The van der Waals surface area contributed by atoms with Crippen molar-refractivity contribution < 1.29 is 56.7 Å². The van der Waals surface area contributed by atoms with Crippen molar-refractivity contribution in [1.29, 1.82) is 0 Å². The number of rotatable bonds is 8. The maximum absolute atomic E-state index is 15.5. The Balaban J connectivity index is 2.29. The molecule has 0 spiro atoms. The van der Waals surface area contributed by atoms with Crippen LogP contribution < -0.4 is 11.0 Å². The van der Waals surface area contributed by atoms with Gasteiger partial charge in [0.1, 0.15) is 29.7 Å². The Labute approximate surface area is 221 Å². The summed E-state index contributed by atoms with van der Waals surface area (Å²) in [4.78, 5) is 62.7. The van der Waals surface area contributed by atoms with Gasteiger partial charge in [-0.1, -0.05) is 0 Å². The van der Waals surface area contributed by atoms with E-state index in [0.717, 1.165) is 12.3 Å². The second kappa shape index (κ2) is 11.9. The number of hydrogen-bond donors (Lipinski definition) is 2. The Morgan fingerprint density at radius 2 is 1.72 bits per heavy atom. The molecular weight excluding hydrogens is 532 g/mol. The first-order valence-corrected chi connectivity index (χ1v) is 11.7. The number of hydrogen-bond acceptors (Lipinski definition) is 11. The van der Waals surface area contributed by atoms with Crippen LogP contribution in [0.15, 0.2) is 17.1 Å². The van der Waals surface area contributed by atoms with Crippen LogP contribution in [0.1, 0.15) is 60.6 Å². The fourth-order valence-electron chi connectivity index (χ4n) is 3.15. The van der Waals surface area contributed by atoms with Crippen molar-refractivity contribution >= 4 is 30.0 Å². The van der Waals surface area contributed by atoms with Crippen molar-refractivity contribution in [3.63, 3.8) is 0 Å². The molecule has 1 aliphatic rings. The monoisotopic (exact) mass is 563 g/mol. The van der Waals surface area contributed by atoms with E-state index in [1.807, 2.05) is 0 Å². The molecule has 2 N–H and O–H groups in total. The summed E-state index contributed by atoms with van der Waals surface area (Å²) >= 11 is 0. The standard InChI is InChI=1S/C23H31F2N3O11/c1-21(2,3)38-19(33)27-13-9-10-28(18(32)26-13)17-23(24,25)16(37-20(34)39-22(4,5)6)12(36-17)11-35-15(31)8-7-14(29)30/h9-10,12,16-17H,7-8,11H2,1-6H3,(H,29,30)(H,26,27,32,33)/t12-,16?,17-/m1/s1. The lowest BCUT2D eigenvalue weighted by Gasteiger charge is -2.26. The van der Waals surface area contributed by atoms with Gasteiger partial charge < -0.3 is 28.8 Å². The van der Waals surface area contributed by atoms with Crippen molar-refractivity contribution in [2.45, 2.75) is 89.9 Å². The number of aliphatic carboxylic acids is 1. The predicted molar refractivity (Wildman–Crippen MR) is 126 cm³/mol. The minimum absolute atomic E-state index is 0.294. The second-order valence-electron chi connectivity index (χ2n) is 10.4. The van der Waals surface area contributed by atoms with Crippen LogP contribution in [0.2, 0.25) is 0 Å². The molecule has 14 nitrogen and oxygen atoms in total. The SMILES string of the molecule is CC(C)(C)OC(=O)Nc1ccn([C@@H]2O[C@H](COC(=O)CCC(=O)O)C(OC(=O)OC(C)(C)C)C2(F)F)c(=O)n1. The van der Waals surface area contributed by atoms with Crippen molar-refractivity contribution in [1.82, 2.24) is 9.55 Å². The van der Waals surface area contributed by atoms with Crippen LogP contribution >= 0.6 is 0 Å². The molecule has 1 amide bonds. The Bertz CT molecular complexity index is 1140. The van der Waals surface area contributed by atoms with E-state index in [-0.39, 0.29) is 5.82 Å². The summed E-state index contributed by atoms with van der Waals surface area (Å²) in [7, 11) is 0. The lowest BCUT2D eigenvalue weighted by atomic mass is 10.1. The molecule has 1 saturated heterocycles. The summed E-state index contributed by atoms with van der Waals surface area (Å²) in [6, 6.07) is 1.04. The van der Waals surface area contributed by atoms with E-state index in [0.29, 0.717) is 4.57 Å². The summed E-state index contributed by atoms with van der Waals surface area (Å²) in [5, 5.41) is 10.9. The maximum Gasteiger partial charge on any atom is 0.509 e. The van der Waals surface area contributed by atoms with E-state index in [2.05, 4.69) is 10.3 Å². The van der Waals surface area contributed by atoms with Crippen LogP contribution in [0, 0.1) is 0 Å². The van der Waals surface area contributed by atoms with Crippen molar-refractivity contribution in [3.05, 3.63) is 22.7 Å². The third kappa shape index (κ3) is 9.46. The molecule has 16 heteroatoms. The van der Waals surface area contributed by atoms with Gasteiger partial charge >= 0.3 is 35.8 Å². The molecule has 1 aromatic rings. The Morgan fingerprint density at radius 3 is 2.26 bits per heavy atom. The second-order valence-corrected chi connectivity index (χ2v) is 10.4. The summed E-state index contributed by atoms with van der Waals surface area (Å²) in [5.41, 5.74) is -3.21. The molecule has 0 aromatic carbocycles. The summed E-state index contributed by atoms with van der Waals surface area (Å²) in [5.74, 6) is -6.67. The zero-order chi connectivity index (χ0) is 29.8. The van der Waals surface area contributed by atoms with Crippen molar-refractivity contribution in [2.75, 3.05) is 11.9 Å². The number of carbonyl (C=O) groups is 4. The number of aromatic nitrogens is 2. The summed E-state index contributed by atoms with van der Waals surface area (Å²) < 4.78 is 56.3. The molecule has 0 radical (unpaired) electrons. The molecule has 2 heterocycles. The number of carbonyl (C=O) groups excluding carboxylic acids is 3. The van der Waals surface area contributed by atoms with Crippen LogP contribution in [0.5, 0.6) is 0 Å². The van der Waals surface area contributed by atoms with Gasteiger partial charge in [-0.05, 0) is 47.6 Å². The molecule has 2 rings (SSSR count). The van der Waals surface area contributed by atoms with E-state index >= 15 is 8.78 Å². The van der Waals surface area contributed by atoms with Crippen LogP contribution in [0.4, 0.5) is 24.2 Å². The van der Waals surface area contributed by atoms with E-state index < -0.39 is 84.9 Å². The van der Waals surface area contributed by atoms with Crippen LogP contribution in [-0.2, 0) is 33.3 Å². The Morgan fingerprint density at radius 1 is 1.10 bits per heavy atom. The number of alkyl halides is 2. The van der Waals surface area contributed by atoms with Gasteiger partial charge in [0.2, 0.25) is 12.3 Å². The predicted octanol–water partition coefficient (Wildman–Crippen LogP) is 2.85. The van der Waals surface area contributed by atoms with Gasteiger partial charge in [-0.2, -0.15) is 13.8 Å². The number of anilines is 1. The number of amides is 1. The number of nitrogens with zero attached hydrogens (tertiary/aromatic N) is 2. The van der Waals surface area contributed by atoms with Crippen LogP contribution in [-0.4, -0.2) is 74.8 Å². The van der Waals surface area contributed by atoms with Gasteiger partial charge in [0.15, 0.2) is 0 Å². The average molecular weight is 564 g/mol. The lowest BCUT2D eigenvalue weighted by Crippen LogP contribution is -2.45. The maximum atomic E-state index is 15.5.